The summed E-state index contributed by atoms with van der Waals surface area (Å²) in [5.74, 6) is 0.390. The number of thioether (sulfide) groups is 1. The molecule has 0 bridgehead atoms. The maximum absolute atomic E-state index is 11.9. The van der Waals surface area contributed by atoms with Crippen LogP contribution in [0.3, 0.4) is 0 Å². The molecule has 0 aliphatic rings. The van der Waals surface area contributed by atoms with Crippen molar-refractivity contribution in [2.24, 2.45) is 7.05 Å². The van der Waals surface area contributed by atoms with Gasteiger partial charge in [-0.3, -0.25) is 4.79 Å². The lowest BCUT2D eigenvalue weighted by atomic mass is 10.2. The van der Waals surface area contributed by atoms with Gasteiger partial charge >= 0.3 is 0 Å². The minimum Gasteiger partial charge on any atom is -0.399 e. The zero-order valence-electron chi connectivity index (χ0n) is 11.1. The summed E-state index contributed by atoms with van der Waals surface area (Å²) >= 11 is 13.5. The minimum absolute atomic E-state index is 0.182. The molecule has 21 heavy (non-hydrogen) atoms. The summed E-state index contributed by atoms with van der Waals surface area (Å²) in [6, 6.07) is 3.08. The topological polar surface area (TPSA) is 85.8 Å². The number of anilines is 2. The molecule has 9 heteroatoms. The van der Waals surface area contributed by atoms with Crippen LogP contribution >= 0.6 is 35.0 Å². The van der Waals surface area contributed by atoms with Gasteiger partial charge in [-0.15, -0.1) is 10.2 Å². The minimum atomic E-state index is -0.182. The van der Waals surface area contributed by atoms with E-state index in [1.54, 1.807) is 10.9 Å². The van der Waals surface area contributed by atoms with Gasteiger partial charge in [0.25, 0.3) is 0 Å². The summed E-state index contributed by atoms with van der Waals surface area (Å²) < 4.78 is 1.79. The van der Waals surface area contributed by atoms with E-state index < -0.39 is 0 Å². The van der Waals surface area contributed by atoms with E-state index in [0.29, 0.717) is 33.6 Å². The second-order valence-electron chi connectivity index (χ2n) is 4.23. The zero-order valence-corrected chi connectivity index (χ0v) is 13.5. The fourth-order valence-corrected chi connectivity index (χ4v) is 2.98. The van der Waals surface area contributed by atoms with E-state index in [2.05, 4.69) is 15.5 Å². The Morgan fingerprint density at radius 1 is 1.43 bits per heavy atom. The fourth-order valence-electron chi connectivity index (χ4n) is 1.55. The molecule has 2 aromatic rings. The molecule has 2 rings (SSSR count). The molecule has 0 atom stereocenters. The molecule has 6 nitrogen and oxygen atoms in total. The number of hydrogen-bond donors (Lipinski definition) is 2. The monoisotopic (exact) mass is 345 g/mol. The number of halogens is 2. The van der Waals surface area contributed by atoms with Crippen molar-refractivity contribution in [3.63, 3.8) is 0 Å². The van der Waals surface area contributed by atoms with Gasteiger partial charge in [0, 0.05) is 24.9 Å². The summed E-state index contributed by atoms with van der Waals surface area (Å²) in [4.78, 5) is 11.9. The predicted octanol–water partition coefficient (Wildman–Crippen LogP) is 2.83. The molecule has 0 unspecified atom stereocenters. The van der Waals surface area contributed by atoms with Crippen molar-refractivity contribution in [3.05, 3.63) is 28.5 Å². The number of aryl methyl sites for hydroxylation is 1. The molecule has 0 aliphatic carbocycles. The smallest absolute Gasteiger partial charge is 0.225 e. The number of nitrogen functional groups attached to an aromatic ring is 1. The third kappa shape index (κ3) is 4.26. The maximum atomic E-state index is 11.9. The summed E-state index contributed by atoms with van der Waals surface area (Å²) in [7, 11) is 1.84. The number of benzene rings is 1. The third-order valence-electron chi connectivity index (χ3n) is 2.56. The van der Waals surface area contributed by atoms with Crippen molar-refractivity contribution in [1.29, 1.82) is 0 Å². The highest BCUT2D eigenvalue weighted by Crippen LogP contribution is 2.32. The van der Waals surface area contributed by atoms with E-state index in [4.69, 9.17) is 28.9 Å². The highest BCUT2D eigenvalue weighted by molar-refractivity contribution is 7.99. The van der Waals surface area contributed by atoms with Crippen LogP contribution in [0.1, 0.15) is 6.42 Å². The lowest BCUT2D eigenvalue weighted by molar-refractivity contribution is -0.115. The van der Waals surface area contributed by atoms with Crippen LogP contribution in [0.25, 0.3) is 0 Å². The SMILES string of the molecule is Cn1cnnc1SCCC(=O)Nc1c(Cl)cc(N)cc1Cl. The Bertz CT molecular complexity index is 638. The first kappa shape index (κ1) is 15.9. The first-order chi connectivity index (χ1) is 9.97. The van der Waals surface area contributed by atoms with Crippen molar-refractivity contribution in [1.82, 2.24) is 14.8 Å². The number of nitrogens with one attached hydrogen (secondary N) is 1. The molecule has 1 amide bonds. The van der Waals surface area contributed by atoms with E-state index >= 15 is 0 Å². The third-order valence-corrected chi connectivity index (χ3v) is 4.19. The van der Waals surface area contributed by atoms with E-state index in [1.165, 1.54) is 23.9 Å². The van der Waals surface area contributed by atoms with Crippen LogP contribution in [-0.2, 0) is 11.8 Å². The first-order valence-corrected chi connectivity index (χ1v) is 7.72. The van der Waals surface area contributed by atoms with E-state index in [0.717, 1.165) is 5.16 Å². The molecular weight excluding hydrogens is 333 g/mol. The zero-order chi connectivity index (χ0) is 15.4. The second kappa shape index (κ2) is 7.02. The van der Waals surface area contributed by atoms with Gasteiger partial charge in [0.2, 0.25) is 5.91 Å². The summed E-state index contributed by atoms with van der Waals surface area (Å²) in [6.45, 7) is 0. The van der Waals surface area contributed by atoms with E-state index in [-0.39, 0.29) is 5.91 Å². The van der Waals surface area contributed by atoms with Gasteiger partial charge in [0.05, 0.1) is 15.7 Å². The van der Waals surface area contributed by atoms with E-state index in [1.807, 2.05) is 7.05 Å². The predicted molar refractivity (Wildman–Crippen MR) is 85.8 cm³/mol. The highest BCUT2D eigenvalue weighted by Gasteiger charge is 2.11. The molecule has 0 saturated heterocycles. The molecule has 1 aromatic carbocycles. The quantitative estimate of drug-likeness (QED) is 0.642. The van der Waals surface area contributed by atoms with Crippen molar-refractivity contribution in [2.75, 3.05) is 16.8 Å². The number of nitrogens with zero attached hydrogens (tertiary/aromatic N) is 3. The van der Waals surface area contributed by atoms with Gasteiger partial charge in [0.1, 0.15) is 6.33 Å². The Morgan fingerprint density at radius 3 is 2.67 bits per heavy atom. The van der Waals surface area contributed by atoms with Crippen LogP contribution in [0, 0.1) is 0 Å². The van der Waals surface area contributed by atoms with Crippen LogP contribution in [0.4, 0.5) is 11.4 Å². The molecule has 0 fully saturated rings. The number of carbonyl (C=O) groups is 1. The number of hydrogen-bond acceptors (Lipinski definition) is 5. The first-order valence-electron chi connectivity index (χ1n) is 5.98. The highest BCUT2D eigenvalue weighted by atomic mass is 35.5. The molecule has 0 spiro atoms. The molecule has 0 radical (unpaired) electrons. The normalized spacial score (nSPS) is 10.6. The van der Waals surface area contributed by atoms with E-state index in [9.17, 15) is 4.79 Å². The van der Waals surface area contributed by atoms with Crippen LogP contribution in [0.2, 0.25) is 10.0 Å². The van der Waals surface area contributed by atoms with Gasteiger partial charge in [-0.1, -0.05) is 35.0 Å². The number of rotatable bonds is 5. The maximum Gasteiger partial charge on any atom is 0.225 e. The summed E-state index contributed by atoms with van der Waals surface area (Å²) in [5, 5.41) is 11.8. The van der Waals surface area contributed by atoms with Crippen LogP contribution in [-0.4, -0.2) is 26.4 Å². The Morgan fingerprint density at radius 2 is 2.10 bits per heavy atom. The van der Waals surface area contributed by atoms with Gasteiger partial charge < -0.3 is 15.6 Å². The molecule has 112 valence electrons. The summed E-state index contributed by atoms with van der Waals surface area (Å²) in [6.07, 6.45) is 1.91. The molecule has 0 aliphatic heterocycles. The largest absolute Gasteiger partial charge is 0.399 e. The lowest BCUT2D eigenvalue weighted by Crippen LogP contribution is -2.13. The second-order valence-corrected chi connectivity index (χ2v) is 6.11. The number of amides is 1. The molecule has 0 saturated carbocycles. The fraction of sp³-hybridized carbons (Fsp3) is 0.250. The van der Waals surface area contributed by atoms with Gasteiger partial charge in [-0.05, 0) is 12.1 Å². The van der Waals surface area contributed by atoms with Gasteiger partial charge in [-0.2, -0.15) is 0 Å². The Kier molecular flexibility index (Phi) is 5.33. The Hall–Kier alpha value is -1.44. The molecule has 1 heterocycles. The van der Waals surface area contributed by atoms with Crippen LogP contribution in [0.5, 0.6) is 0 Å². The van der Waals surface area contributed by atoms with Crippen molar-refractivity contribution in [3.8, 4) is 0 Å². The van der Waals surface area contributed by atoms with Crippen LogP contribution in [0.15, 0.2) is 23.6 Å². The molecule has 1 aromatic heterocycles. The molecular formula is C12H13Cl2N5OS. The average Bonchev–Trinajstić information content (AvgIpc) is 2.80. The standard InChI is InChI=1S/C12H13Cl2N5OS/c1-19-6-16-18-12(19)21-3-2-10(20)17-11-8(13)4-7(15)5-9(11)14/h4-6H,2-3,15H2,1H3,(H,17,20). The number of carbonyl (C=O) groups excluding carboxylic acids is 1. The lowest BCUT2D eigenvalue weighted by Gasteiger charge is -2.10. The Labute approximate surface area is 136 Å². The Balaban J connectivity index is 1.89. The van der Waals surface area contributed by atoms with Gasteiger partial charge in [0.15, 0.2) is 5.16 Å². The van der Waals surface area contributed by atoms with Gasteiger partial charge in [-0.25, -0.2) is 0 Å². The van der Waals surface area contributed by atoms with Crippen LogP contribution < -0.4 is 11.1 Å². The van der Waals surface area contributed by atoms with Crippen molar-refractivity contribution in [2.45, 2.75) is 11.6 Å². The molecule has 3 N–H and O–H groups in total. The number of aromatic nitrogens is 3. The van der Waals surface area contributed by atoms with Crippen molar-refractivity contribution < 1.29 is 4.79 Å². The summed E-state index contributed by atoms with van der Waals surface area (Å²) in [5.41, 5.74) is 6.43. The average molecular weight is 346 g/mol. The van der Waals surface area contributed by atoms with Crippen molar-refractivity contribution >= 4 is 52.2 Å². The number of nitrogens with two attached hydrogens (primary N) is 1.